The molecule has 0 bridgehead atoms. The highest BCUT2D eigenvalue weighted by molar-refractivity contribution is 5.21. The van der Waals surface area contributed by atoms with E-state index < -0.39 is 0 Å². The highest BCUT2D eigenvalue weighted by Crippen LogP contribution is 2.23. The Morgan fingerprint density at radius 1 is 1.28 bits per heavy atom. The SMILES string of the molecule is CCNCc1nnc(C(OC)c2ccccc2)o1. The third kappa shape index (κ3) is 2.94. The van der Waals surface area contributed by atoms with Crippen molar-refractivity contribution >= 4 is 0 Å². The molecule has 0 radical (unpaired) electrons. The maximum absolute atomic E-state index is 5.58. The molecule has 0 spiro atoms. The van der Waals surface area contributed by atoms with Gasteiger partial charge in [-0.3, -0.25) is 0 Å². The van der Waals surface area contributed by atoms with Crippen LogP contribution in [0.3, 0.4) is 0 Å². The van der Waals surface area contributed by atoms with Crippen LogP contribution in [-0.4, -0.2) is 23.9 Å². The average Bonchev–Trinajstić information content (AvgIpc) is 2.87. The van der Waals surface area contributed by atoms with E-state index in [0.717, 1.165) is 12.1 Å². The van der Waals surface area contributed by atoms with Crippen molar-refractivity contribution < 1.29 is 9.15 Å². The molecule has 0 aliphatic carbocycles. The van der Waals surface area contributed by atoms with Crippen LogP contribution in [0.25, 0.3) is 0 Å². The molecule has 0 saturated carbocycles. The van der Waals surface area contributed by atoms with Crippen LogP contribution in [0.1, 0.15) is 30.4 Å². The zero-order chi connectivity index (χ0) is 12.8. The lowest BCUT2D eigenvalue weighted by molar-refractivity contribution is 0.110. The van der Waals surface area contributed by atoms with Crippen molar-refractivity contribution in [2.45, 2.75) is 19.6 Å². The van der Waals surface area contributed by atoms with Crippen LogP contribution >= 0.6 is 0 Å². The summed E-state index contributed by atoms with van der Waals surface area (Å²) in [7, 11) is 1.63. The minimum Gasteiger partial charge on any atom is -0.421 e. The van der Waals surface area contributed by atoms with Crippen molar-refractivity contribution in [3.8, 4) is 0 Å². The van der Waals surface area contributed by atoms with Gasteiger partial charge in [-0.05, 0) is 12.1 Å². The van der Waals surface area contributed by atoms with Crippen molar-refractivity contribution in [3.63, 3.8) is 0 Å². The molecule has 2 aromatic rings. The molecule has 18 heavy (non-hydrogen) atoms. The molecule has 0 aliphatic heterocycles. The first-order valence-electron chi connectivity index (χ1n) is 5.96. The molecule has 0 amide bonds. The molecular formula is C13H17N3O2. The highest BCUT2D eigenvalue weighted by Gasteiger charge is 2.19. The third-order valence-corrected chi connectivity index (χ3v) is 2.57. The van der Waals surface area contributed by atoms with E-state index in [4.69, 9.17) is 9.15 Å². The van der Waals surface area contributed by atoms with Crippen LogP contribution in [0, 0.1) is 0 Å². The van der Waals surface area contributed by atoms with Gasteiger partial charge in [-0.2, -0.15) is 0 Å². The zero-order valence-electron chi connectivity index (χ0n) is 10.6. The minimum absolute atomic E-state index is 0.311. The molecule has 0 fully saturated rings. The lowest BCUT2D eigenvalue weighted by Gasteiger charge is -2.10. The molecule has 1 heterocycles. The molecule has 1 N–H and O–H groups in total. The number of methoxy groups -OCH3 is 1. The fourth-order valence-corrected chi connectivity index (χ4v) is 1.68. The summed E-state index contributed by atoms with van der Waals surface area (Å²) < 4.78 is 11.0. The van der Waals surface area contributed by atoms with E-state index in [1.807, 2.05) is 37.3 Å². The van der Waals surface area contributed by atoms with Crippen molar-refractivity contribution in [1.82, 2.24) is 15.5 Å². The number of aromatic nitrogens is 2. The van der Waals surface area contributed by atoms with Gasteiger partial charge in [0, 0.05) is 7.11 Å². The van der Waals surface area contributed by atoms with E-state index in [1.165, 1.54) is 0 Å². The maximum Gasteiger partial charge on any atom is 0.249 e. The molecule has 1 atom stereocenters. The van der Waals surface area contributed by atoms with E-state index in [2.05, 4.69) is 15.5 Å². The van der Waals surface area contributed by atoms with Crippen molar-refractivity contribution in [1.29, 1.82) is 0 Å². The van der Waals surface area contributed by atoms with Crippen molar-refractivity contribution in [2.24, 2.45) is 0 Å². The van der Waals surface area contributed by atoms with E-state index >= 15 is 0 Å². The normalized spacial score (nSPS) is 12.6. The fraction of sp³-hybridized carbons (Fsp3) is 0.385. The molecule has 0 saturated heterocycles. The number of benzene rings is 1. The Morgan fingerprint density at radius 2 is 2.06 bits per heavy atom. The average molecular weight is 247 g/mol. The Balaban J connectivity index is 2.15. The monoisotopic (exact) mass is 247 g/mol. The number of rotatable bonds is 6. The molecule has 5 heteroatoms. The predicted octanol–water partition coefficient (Wildman–Crippen LogP) is 1.91. The number of nitrogens with zero attached hydrogens (tertiary/aromatic N) is 2. The molecule has 1 unspecified atom stereocenters. The Morgan fingerprint density at radius 3 is 2.72 bits per heavy atom. The zero-order valence-corrected chi connectivity index (χ0v) is 10.6. The van der Waals surface area contributed by atoms with Crippen molar-refractivity contribution in [2.75, 3.05) is 13.7 Å². The van der Waals surface area contributed by atoms with Gasteiger partial charge in [0.1, 0.15) is 0 Å². The Bertz CT molecular complexity index is 470. The summed E-state index contributed by atoms with van der Waals surface area (Å²) in [4.78, 5) is 0. The summed E-state index contributed by atoms with van der Waals surface area (Å²) in [5.74, 6) is 1.06. The molecule has 0 aliphatic rings. The largest absolute Gasteiger partial charge is 0.421 e. The molecule has 1 aromatic heterocycles. The van der Waals surface area contributed by atoms with Gasteiger partial charge in [0.15, 0.2) is 6.10 Å². The van der Waals surface area contributed by atoms with E-state index in [1.54, 1.807) is 7.11 Å². The first-order chi connectivity index (χ1) is 8.85. The maximum atomic E-state index is 5.58. The molecular weight excluding hydrogens is 230 g/mol. The second-order valence-corrected chi connectivity index (χ2v) is 3.84. The van der Waals surface area contributed by atoms with Crippen LogP contribution in [0.5, 0.6) is 0 Å². The van der Waals surface area contributed by atoms with Gasteiger partial charge in [-0.15, -0.1) is 10.2 Å². The smallest absolute Gasteiger partial charge is 0.249 e. The fourth-order valence-electron chi connectivity index (χ4n) is 1.68. The van der Waals surface area contributed by atoms with Crippen LogP contribution in [0.15, 0.2) is 34.7 Å². The number of hydrogen-bond acceptors (Lipinski definition) is 5. The molecule has 1 aromatic carbocycles. The second kappa shape index (κ2) is 6.28. The third-order valence-electron chi connectivity index (χ3n) is 2.57. The number of hydrogen-bond donors (Lipinski definition) is 1. The predicted molar refractivity (Wildman–Crippen MR) is 67.0 cm³/mol. The first kappa shape index (κ1) is 12.7. The standard InChI is InChI=1S/C13H17N3O2/c1-3-14-9-11-15-16-13(18-11)12(17-2)10-7-5-4-6-8-10/h4-8,12,14H,3,9H2,1-2H3. The summed E-state index contributed by atoms with van der Waals surface area (Å²) in [6, 6.07) is 9.82. The van der Waals surface area contributed by atoms with Crippen LogP contribution in [-0.2, 0) is 11.3 Å². The van der Waals surface area contributed by atoms with Crippen LogP contribution < -0.4 is 5.32 Å². The van der Waals surface area contributed by atoms with E-state index in [-0.39, 0.29) is 6.10 Å². The van der Waals surface area contributed by atoms with Gasteiger partial charge in [-0.25, -0.2) is 0 Å². The molecule has 5 nitrogen and oxygen atoms in total. The van der Waals surface area contributed by atoms with E-state index in [9.17, 15) is 0 Å². The summed E-state index contributed by atoms with van der Waals surface area (Å²) in [6.45, 7) is 3.47. The molecule has 2 rings (SSSR count). The van der Waals surface area contributed by atoms with Gasteiger partial charge in [0.05, 0.1) is 6.54 Å². The van der Waals surface area contributed by atoms with Gasteiger partial charge >= 0.3 is 0 Å². The van der Waals surface area contributed by atoms with E-state index in [0.29, 0.717) is 18.3 Å². The van der Waals surface area contributed by atoms with Gasteiger partial charge in [-0.1, -0.05) is 37.3 Å². The number of ether oxygens (including phenoxy) is 1. The van der Waals surface area contributed by atoms with Gasteiger partial charge < -0.3 is 14.5 Å². The van der Waals surface area contributed by atoms with Gasteiger partial charge in [0.25, 0.3) is 0 Å². The minimum atomic E-state index is -0.311. The lowest BCUT2D eigenvalue weighted by atomic mass is 10.1. The quantitative estimate of drug-likeness (QED) is 0.845. The Kier molecular flexibility index (Phi) is 4.44. The highest BCUT2D eigenvalue weighted by atomic mass is 16.5. The first-order valence-corrected chi connectivity index (χ1v) is 5.96. The Labute approximate surface area is 106 Å². The molecule has 96 valence electrons. The topological polar surface area (TPSA) is 60.2 Å². The van der Waals surface area contributed by atoms with Crippen LogP contribution in [0.2, 0.25) is 0 Å². The van der Waals surface area contributed by atoms with Gasteiger partial charge in [0.2, 0.25) is 11.8 Å². The summed E-state index contributed by atoms with van der Waals surface area (Å²) in [5, 5.41) is 11.2. The lowest BCUT2D eigenvalue weighted by Crippen LogP contribution is -2.11. The summed E-state index contributed by atoms with van der Waals surface area (Å²) in [6.07, 6.45) is -0.311. The number of nitrogens with one attached hydrogen (secondary N) is 1. The summed E-state index contributed by atoms with van der Waals surface area (Å²) in [5.41, 5.74) is 0.999. The second-order valence-electron chi connectivity index (χ2n) is 3.84. The van der Waals surface area contributed by atoms with Crippen molar-refractivity contribution in [3.05, 3.63) is 47.7 Å². The van der Waals surface area contributed by atoms with Crippen LogP contribution in [0.4, 0.5) is 0 Å². The summed E-state index contributed by atoms with van der Waals surface area (Å²) >= 11 is 0. The Hall–Kier alpha value is -1.72.